The van der Waals surface area contributed by atoms with Crippen molar-refractivity contribution in [2.45, 2.75) is 4.90 Å². The minimum Gasteiger partial charge on any atom is -0.477 e. The molecule has 0 atom stereocenters. The summed E-state index contributed by atoms with van der Waals surface area (Å²) in [6.45, 7) is 0. The highest BCUT2D eigenvalue weighted by molar-refractivity contribution is 8.00. The molecule has 0 saturated heterocycles. The molecule has 0 saturated carbocycles. The predicted molar refractivity (Wildman–Crippen MR) is 62.6 cm³/mol. The molecule has 0 bridgehead atoms. The second kappa shape index (κ2) is 6.26. The van der Waals surface area contributed by atoms with Gasteiger partial charge in [0, 0.05) is 10.3 Å². The van der Waals surface area contributed by atoms with Gasteiger partial charge >= 0.3 is 12.1 Å². The van der Waals surface area contributed by atoms with Crippen molar-refractivity contribution in [1.82, 2.24) is 5.32 Å². The van der Waals surface area contributed by atoms with Crippen LogP contribution in [0.3, 0.4) is 0 Å². The highest BCUT2D eigenvalue weighted by Crippen LogP contribution is 2.24. The van der Waals surface area contributed by atoms with Crippen LogP contribution >= 0.6 is 23.1 Å². The third-order valence-electron chi connectivity index (χ3n) is 1.58. The number of imide groups is 1. The zero-order chi connectivity index (χ0) is 12.8. The van der Waals surface area contributed by atoms with E-state index in [2.05, 4.69) is 4.74 Å². The van der Waals surface area contributed by atoms with Crippen LogP contribution in [0.1, 0.15) is 9.67 Å². The Kier molecular flexibility index (Phi) is 4.98. The molecule has 8 heteroatoms. The third-order valence-corrected chi connectivity index (χ3v) is 3.63. The molecule has 1 rings (SSSR count). The number of thioether (sulfide) groups is 1. The number of carbonyl (C=O) groups is 3. The average molecular weight is 275 g/mol. The van der Waals surface area contributed by atoms with Crippen molar-refractivity contribution in [3.63, 3.8) is 0 Å². The van der Waals surface area contributed by atoms with Crippen LogP contribution in [-0.4, -0.2) is 35.9 Å². The molecule has 0 aliphatic heterocycles. The van der Waals surface area contributed by atoms with Crippen LogP contribution in [0.5, 0.6) is 0 Å². The van der Waals surface area contributed by atoms with Gasteiger partial charge in [0.1, 0.15) is 4.88 Å². The summed E-state index contributed by atoms with van der Waals surface area (Å²) in [6.07, 6.45) is -0.813. The number of ether oxygens (including phenoxy) is 1. The van der Waals surface area contributed by atoms with E-state index in [1.165, 1.54) is 6.07 Å². The Bertz CT molecular complexity index is 442. The number of nitrogens with one attached hydrogen (secondary N) is 1. The van der Waals surface area contributed by atoms with E-state index >= 15 is 0 Å². The van der Waals surface area contributed by atoms with Gasteiger partial charge < -0.3 is 9.84 Å². The van der Waals surface area contributed by atoms with Gasteiger partial charge in [-0.2, -0.15) is 0 Å². The van der Waals surface area contributed by atoms with Crippen LogP contribution in [-0.2, 0) is 9.53 Å². The number of methoxy groups -OCH3 is 1. The number of aromatic carboxylic acids is 1. The molecular formula is C9H9NO5S2. The zero-order valence-electron chi connectivity index (χ0n) is 8.76. The van der Waals surface area contributed by atoms with Crippen molar-refractivity contribution < 1.29 is 24.2 Å². The first-order chi connectivity index (χ1) is 8.02. The van der Waals surface area contributed by atoms with Crippen LogP contribution in [0, 0.1) is 0 Å². The fourth-order valence-electron chi connectivity index (χ4n) is 0.856. The zero-order valence-corrected chi connectivity index (χ0v) is 10.4. The number of hydrogen-bond donors (Lipinski definition) is 2. The van der Waals surface area contributed by atoms with Crippen molar-refractivity contribution in [2.24, 2.45) is 0 Å². The van der Waals surface area contributed by atoms with E-state index in [9.17, 15) is 14.4 Å². The summed E-state index contributed by atoms with van der Waals surface area (Å²) in [5, 5.41) is 12.3. The summed E-state index contributed by atoms with van der Waals surface area (Å²) in [4.78, 5) is 33.3. The van der Waals surface area contributed by atoms with Gasteiger partial charge in [-0.3, -0.25) is 10.1 Å². The minimum atomic E-state index is -0.999. The van der Waals surface area contributed by atoms with Crippen LogP contribution in [0.25, 0.3) is 0 Å². The Labute approximate surface area is 105 Å². The van der Waals surface area contributed by atoms with E-state index in [1.54, 1.807) is 5.38 Å². The van der Waals surface area contributed by atoms with Gasteiger partial charge in [-0.1, -0.05) is 0 Å². The number of carboxylic acids is 1. The van der Waals surface area contributed by atoms with Crippen LogP contribution in [0.4, 0.5) is 4.79 Å². The highest BCUT2D eigenvalue weighted by Gasteiger charge is 2.10. The molecule has 92 valence electrons. The van der Waals surface area contributed by atoms with E-state index in [0.29, 0.717) is 4.90 Å². The maximum atomic E-state index is 11.2. The van der Waals surface area contributed by atoms with Gasteiger partial charge in [-0.25, -0.2) is 9.59 Å². The molecule has 2 amide bonds. The monoisotopic (exact) mass is 275 g/mol. The van der Waals surface area contributed by atoms with Crippen molar-refractivity contribution in [2.75, 3.05) is 12.9 Å². The first-order valence-electron chi connectivity index (χ1n) is 4.35. The van der Waals surface area contributed by atoms with Gasteiger partial charge in [0.2, 0.25) is 5.91 Å². The fourth-order valence-corrected chi connectivity index (χ4v) is 2.53. The molecule has 0 unspecified atom stereocenters. The van der Waals surface area contributed by atoms with Crippen molar-refractivity contribution >= 4 is 41.1 Å². The van der Waals surface area contributed by atoms with Gasteiger partial charge in [-0.05, 0) is 6.07 Å². The van der Waals surface area contributed by atoms with Gasteiger partial charge in [0.05, 0.1) is 12.9 Å². The number of rotatable bonds is 4. The SMILES string of the molecule is COC(=O)NC(=O)CSc1csc(C(=O)O)c1. The number of amides is 2. The van der Waals surface area contributed by atoms with Crippen LogP contribution < -0.4 is 5.32 Å². The van der Waals surface area contributed by atoms with E-state index in [0.717, 1.165) is 30.2 Å². The van der Waals surface area contributed by atoms with Gasteiger partial charge in [0.25, 0.3) is 0 Å². The van der Waals surface area contributed by atoms with Crippen LogP contribution in [0.2, 0.25) is 0 Å². The van der Waals surface area contributed by atoms with Crippen LogP contribution in [0.15, 0.2) is 16.3 Å². The molecule has 17 heavy (non-hydrogen) atoms. The van der Waals surface area contributed by atoms with Gasteiger partial charge in [-0.15, -0.1) is 23.1 Å². The lowest BCUT2D eigenvalue weighted by atomic mass is 10.5. The Morgan fingerprint density at radius 2 is 2.24 bits per heavy atom. The molecule has 0 spiro atoms. The lowest BCUT2D eigenvalue weighted by molar-refractivity contribution is -0.117. The molecular weight excluding hydrogens is 266 g/mol. The molecule has 0 aliphatic carbocycles. The summed E-state index contributed by atoms with van der Waals surface area (Å²) >= 11 is 2.23. The normalized spacial score (nSPS) is 9.71. The Balaban J connectivity index is 2.42. The van der Waals surface area contributed by atoms with E-state index in [-0.39, 0.29) is 10.6 Å². The standard InChI is InChI=1S/C9H9NO5S2/c1-15-9(14)10-7(11)4-16-5-2-6(8(12)13)17-3-5/h2-3H,4H2,1H3,(H,12,13)(H,10,11,14). The lowest BCUT2D eigenvalue weighted by Gasteiger charge is -2.00. The second-order valence-electron chi connectivity index (χ2n) is 2.78. The van der Waals surface area contributed by atoms with Crippen molar-refractivity contribution in [1.29, 1.82) is 0 Å². The maximum absolute atomic E-state index is 11.2. The largest absolute Gasteiger partial charge is 0.477 e. The van der Waals surface area contributed by atoms with E-state index < -0.39 is 18.0 Å². The number of carboxylic acid groups (broad SMARTS) is 1. The lowest BCUT2D eigenvalue weighted by Crippen LogP contribution is -2.31. The molecule has 0 fully saturated rings. The van der Waals surface area contributed by atoms with Crippen molar-refractivity contribution in [3.05, 3.63) is 16.3 Å². The summed E-state index contributed by atoms with van der Waals surface area (Å²) < 4.78 is 4.25. The first-order valence-corrected chi connectivity index (χ1v) is 6.22. The summed E-state index contributed by atoms with van der Waals surface area (Å²) in [6, 6.07) is 1.48. The molecule has 1 aromatic rings. The molecule has 6 nitrogen and oxygen atoms in total. The summed E-state index contributed by atoms with van der Waals surface area (Å²) in [7, 11) is 1.16. The highest BCUT2D eigenvalue weighted by atomic mass is 32.2. The molecule has 0 radical (unpaired) electrons. The minimum absolute atomic E-state index is 0.0187. The fraction of sp³-hybridized carbons (Fsp3) is 0.222. The number of thiophene rings is 1. The second-order valence-corrected chi connectivity index (χ2v) is 4.74. The van der Waals surface area contributed by atoms with Gasteiger partial charge in [0.15, 0.2) is 0 Å². The molecule has 0 aliphatic rings. The Morgan fingerprint density at radius 1 is 1.53 bits per heavy atom. The third kappa shape index (κ3) is 4.45. The number of hydrogen-bond acceptors (Lipinski definition) is 6. The summed E-state index contributed by atoms with van der Waals surface area (Å²) in [5.41, 5.74) is 0. The van der Waals surface area contributed by atoms with E-state index in [1.807, 2.05) is 5.32 Å². The first kappa shape index (κ1) is 13.5. The predicted octanol–water partition coefficient (Wildman–Crippen LogP) is 1.42. The Hall–Kier alpha value is -1.54. The average Bonchev–Trinajstić information content (AvgIpc) is 2.75. The molecule has 1 heterocycles. The maximum Gasteiger partial charge on any atom is 0.413 e. The quantitative estimate of drug-likeness (QED) is 0.807. The van der Waals surface area contributed by atoms with E-state index in [4.69, 9.17) is 5.11 Å². The molecule has 0 aromatic carbocycles. The summed E-state index contributed by atoms with van der Waals surface area (Å²) in [5.74, 6) is -1.48. The molecule has 2 N–H and O–H groups in total. The topological polar surface area (TPSA) is 92.7 Å². The van der Waals surface area contributed by atoms with Crippen molar-refractivity contribution in [3.8, 4) is 0 Å². The number of alkyl carbamates (subject to hydrolysis) is 1. The smallest absolute Gasteiger partial charge is 0.413 e. The molecule has 1 aromatic heterocycles. The Morgan fingerprint density at radius 3 is 2.76 bits per heavy atom. The number of carbonyl (C=O) groups excluding carboxylic acids is 2.